The molecular formula is C18H19NSi. The molecule has 0 unspecified atom stereocenters. The Morgan fingerprint density at radius 3 is 2.60 bits per heavy atom. The summed E-state index contributed by atoms with van der Waals surface area (Å²) < 4.78 is 0. The molecule has 0 aliphatic carbocycles. The fourth-order valence-corrected chi connectivity index (χ4v) is 8.81. The molecule has 2 aliphatic rings. The highest BCUT2D eigenvalue weighted by Gasteiger charge is 2.40. The third-order valence-electron chi connectivity index (χ3n) is 4.94. The van der Waals surface area contributed by atoms with E-state index in [4.69, 9.17) is 4.98 Å². The van der Waals surface area contributed by atoms with Gasteiger partial charge in [0.25, 0.3) is 0 Å². The van der Waals surface area contributed by atoms with Gasteiger partial charge in [0.2, 0.25) is 0 Å². The number of allylic oxidation sites excluding steroid dienone is 1. The van der Waals surface area contributed by atoms with Crippen LogP contribution in [-0.2, 0) is 0 Å². The lowest BCUT2D eigenvalue weighted by Crippen LogP contribution is -2.47. The number of aromatic nitrogens is 1. The van der Waals surface area contributed by atoms with Crippen molar-refractivity contribution in [1.82, 2.24) is 4.98 Å². The minimum absolute atomic E-state index is 1.11. The van der Waals surface area contributed by atoms with E-state index in [1.807, 2.05) is 0 Å². The topological polar surface area (TPSA) is 12.9 Å². The minimum atomic E-state index is -1.21. The van der Waals surface area contributed by atoms with Crippen molar-refractivity contribution in [3.8, 4) is 11.3 Å². The van der Waals surface area contributed by atoms with Crippen LogP contribution in [0.1, 0.15) is 18.4 Å². The first kappa shape index (κ1) is 12.1. The number of hydrogen-bond acceptors (Lipinski definition) is 1. The SMILES string of the molecule is C1=Cc2cc(-c3ccccc3)ncc2[Si]2(C1)CCCC2. The molecule has 1 saturated heterocycles. The highest BCUT2D eigenvalue weighted by molar-refractivity contribution is 6.93. The minimum Gasteiger partial charge on any atom is -0.256 e. The molecule has 0 bridgehead atoms. The number of nitrogens with zero attached hydrogens (tertiary/aromatic N) is 1. The van der Waals surface area contributed by atoms with E-state index in [-0.39, 0.29) is 0 Å². The van der Waals surface area contributed by atoms with Crippen LogP contribution in [0.3, 0.4) is 0 Å². The molecule has 1 aromatic heterocycles. The highest BCUT2D eigenvalue weighted by atomic mass is 28.3. The molecule has 4 rings (SSSR count). The van der Waals surface area contributed by atoms with E-state index in [1.165, 1.54) is 42.1 Å². The molecule has 20 heavy (non-hydrogen) atoms. The van der Waals surface area contributed by atoms with Crippen LogP contribution < -0.4 is 5.19 Å². The monoisotopic (exact) mass is 277 g/mol. The van der Waals surface area contributed by atoms with Crippen molar-refractivity contribution in [3.63, 3.8) is 0 Å². The second-order valence-corrected chi connectivity index (χ2v) is 10.6. The zero-order valence-electron chi connectivity index (χ0n) is 11.7. The Kier molecular flexibility index (Phi) is 2.85. The molecule has 0 radical (unpaired) electrons. The van der Waals surface area contributed by atoms with Crippen molar-refractivity contribution in [2.24, 2.45) is 0 Å². The average molecular weight is 277 g/mol. The number of hydrogen-bond donors (Lipinski definition) is 0. The Morgan fingerprint density at radius 1 is 1.00 bits per heavy atom. The largest absolute Gasteiger partial charge is 0.256 e. The molecule has 2 heteroatoms. The number of fused-ring (bicyclic) bond motifs is 2. The maximum absolute atomic E-state index is 4.78. The molecule has 3 heterocycles. The zero-order chi connectivity index (χ0) is 13.4. The smallest absolute Gasteiger partial charge is 0.0932 e. The summed E-state index contributed by atoms with van der Waals surface area (Å²) in [5, 5.41) is 1.62. The van der Waals surface area contributed by atoms with Gasteiger partial charge in [-0.25, -0.2) is 0 Å². The first-order valence-electron chi connectivity index (χ1n) is 7.60. The lowest BCUT2D eigenvalue weighted by atomic mass is 10.1. The van der Waals surface area contributed by atoms with E-state index < -0.39 is 8.07 Å². The van der Waals surface area contributed by atoms with Gasteiger partial charge in [-0.15, -0.1) is 0 Å². The van der Waals surface area contributed by atoms with Gasteiger partial charge in [0.1, 0.15) is 0 Å². The Hall–Kier alpha value is -1.67. The van der Waals surface area contributed by atoms with Crippen LogP contribution in [0.5, 0.6) is 0 Å². The van der Waals surface area contributed by atoms with E-state index in [1.54, 1.807) is 5.19 Å². The fraction of sp³-hybridized carbons (Fsp3) is 0.278. The maximum Gasteiger partial charge on any atom is 0.0932 e. The van der Waals surface area contributed by atoms with Crippen LogP contribution in [0.2, 0.25) is 18.1 Å². The van der Waals surface area contributed by atoms with Crippen LogP contribution in [0.4, 0.5) is 0 Å². The summed E-state index contributed by atoms with van der Waals surface area (Å²) in [5.41, 5.74) is 3.77. The van der Waals surface area contributed by atoms with Crippen LogP contribution in [0.15, 0.2) is 48.7 Å². The molecule has 0 saturated carbocycles. The third-order valence-corrected chi connectivity index (χ3v) is 10.1. The summed E-state index contributed by atoms with van der Waals surface area (Å²) in [4.78, 5) is 4.78. The van der Waals surface area contributed by atoms with Gasteiger partial charge >= 0.3 is 0 Å². The van der Waals surface area contributed by atoms with Crippen molar-refractivity contribution >= 4 is 19.3 Å². The molecule has 0 N–H and O–H groups in total. The number of rotatable bonds is 1. The van der Waals surface area contributed by atoms with Gasteiger partial charge in [-0.2, -0.15) is 0 Å². The van der Waals surface area contributed by atoms with E-state index in [9.17, 15) is 0 Å². The molecule has 2 aliphatic heterocycles. The number of benzene rings is 1. The maximum atomic E-state index is 4.78. The Bertz CT molecular complexity index is 654. The molecule has 2 aromatic rings. The van der Waals surface area contributed by atoms with Gasteiger partial charge in [-0.1, -0.05) is 67.4 Å². The van der Waals surface area contributed by atoms with Gasteiger partial charge in [-0.05, 0) is 22.9 Å². The molecule has 1 aromatic carbocycles. The van der Waals surface area contributed by atoms with Gasteiger partial charge in [0, 0.05) is 11.8 Å². The molecule has 0 amide bonds. The van der Waals surface area contributed by atoms with Crippen molar-refractivity contribution in [1.29, 1.82) is 0 Å². The second-order valence-electron chi connectivity index (χ2n) is 6.12. The van der Waals surface area contributed by atoms with E-state index in [0.717, 1.165) is 5.69 Å². The van der Waals surface area contributed by atoms with Crippen molar-refractivity contribution in [2.75, 3.05) is 0 Å². The predicted octanol–water partition coefficient (Wildman–Crippen LogP) is 4.23. The van der Waals surface area contributed by atoms with Crippen molar-refractivity contribution < 1.29 is 0 Å². The van der Waals surface area contributed by atoms with Crippen LogP contribution >= 0.6 is 0 Å². The quantitative estimate of drug-likeness (QED) is 0.711. The summed E-state index contributed by atoms with van der Waals surface area (Å²) >= 11 is 0. The molecule has 1 fully saturated rings. The first-order valence-corrected chi connectivity index (χ1v) is 10.2. The zero-order valence-corrected chi connectivity index (χ0v) is 12.7. The third kappa shape index (κ3) is 1.87. The highest BCUT2D eigenvalue weighted by Crippen LogP contribution is 2.37. The lowest BCUT2D eigenvalue weighted by molar-refractivity contribution is 0.935. The Labute approximate surface area is 121 Å². The normalized spacial score (nSPS) is 19.2. The Morgan fingerprint density at radius 2 is 1.80 bits per heavy atom. The van der Waals surface area contributed by atoms with Gasteiger partial charge in [0.15, 0.2) is 0 Å². The molecular weight excluding hydrogens is 258 g/mol. The molecule has 100 valence electrons. The van der Waals surface area contributed by atoms with Crippen LogP contribution in [0, 0.1) is 0 Å². The van der Waals surface area contributed by atoms with Crippen molar-refractivity contribution in [3.05, 3.63) is 54.2 Å². The van der Waals surface area contributed by atoms with Gasteiger partial charge < -0.3 is 0 Å². The molecule has 0 atom stereocenters. The summed E-state index contributed by atoms with van der Waals surface area (Å²) in [6.07, 6.45) is 9.81. The second kappa shape index (κ2) is 4.71. The summed E-state index contributed by atoms with van der Waals surface area (Å²) in [6, 6.07) is 17.1. The number of pyridine rings is 1. The van der Waals surface area contributed by atoms with Gasteiger partial charge in [0.05, 0.1) is 13.8 Å². The van der Waals surface area contributed by atoms with Crippen molar-refractivity contribution in [2.45, 2.75) is 31.0 Å². The Balaban J connectivity index is 1.81. The first-order chi connectivity index (χ1) is 9.87. The fourth-order valence-electron chi connectivity index (χ4n) is 3.87. The van der Waals surface area contributed by atoms with Crippen LogP contribution in [-0.4, -0.2) is 13.1 Å². The van der Waals surface area contributed by atoms with E-state index in [2.05, 4.69) is 54.7 Å². The van der Waals surface area contributed by atoms with E-state index in [0.29, 0.717) is 0 Å². The summed E-state index contributed by atoms with van der Waals surface area (Å²) in [7, 11) is -1.21. The molecule has 1 spiro atoms. The molecule has 1 nitrogen and oxygen atoms in total. The average Bonchev–Trinajstić information content (AvgIpc) is 2.97. The summed E-state index contributed by atoms with van der Waals surface area (Å²) in [6.45, 7) is 0. The van der Waals surface area contributed by atoms with Gasteiger partial charge in [-0.3, -0.25) is 4.98 Å². The van der Waals surface area contributed by atoms with E-state index >= 15 is 0 Å². The van der Waals surface area contributed by atoms with Crippen LogP contribution in [0.25, 0.3) is 17.3 Å². The predicted molar refractivity (Wildman–Crippen MR) is 87.8 cm³/mol. The summed E-state index contributed by atoms with van der Waals surface area (Å²) in [5.74, 6) is 0. The standard InChI is InChI=1S/C18H19NSi/c1-2-7-15(8-3-1)17-13-16-9-6-12-20(10-4-5-11-20)18(16)14-19-17/h1-3,6-9,13-14H,4-5,10-12H2. The lowest BCUT2D eigenvalue weighted by Gasteiger charge is -2.30.